The van der Waals surface area contributed by atoms with Crippen LogP contribution in [0.15, 0.2) is 0 Å². The molecule has 4 fully saturated rings. The second-order valence-electron chi connectivity index (χ2n) is 11.3. The first-order valence-electron chi connectivity index (χ1n) is 12.2. The summed E-state index contributed by atoms with van der Waals surface area (Å²) in [6.45, 7) is 5.32. The van der Waals surface area contributed by atoms with Gasteiger partial charge in [0.25, 0.3) is 0 Å². The highest BCUT2D eigenvalue weighted by Crippen LogP contribution is 2.65. The summed E-state index contributed by atoms with van der Waals surface area (Å²) in [5, 5.41) is 11.1. The average molecular weight is 432 g/mol. The van der Waals surface area contributed by atoms with E-state index >= 15 is 0 Å². The number of nitrogens with two attached hydrogens (primary N) is 1. The maximum atomic E-state index is 13.4. The molecule has 4 aliphatic carbocycles. The van der Waals surface area contributed by atoms with Crippen molar-refractivity contribution in [2.75, 3.05) is 13.2 Å². The van der Waals surface area contributed by atoms with Crippen LogP contribution in [-0.4, -0.2) is 36.1 Å². The van der Waals surface area contributed by atoms with Crippen molar-refractivity contribution >= 4 is 0 Å². The van der Waals surface area contributed by atoms with Crippen LogP contribution in [0.1, 0.15) is 78.1 Å². The molecule has 0 aromatic heterocycles. The van der Waals surface area contributed by atoms with Crippen LogP contribution in [0.25, 0.3) is 0 Å². The lowest BCUT2D eigenvalue weighted by Crippen LogP contribution is -2.54. The van der Waals surface area contributed by atoms with Gasteiger partial charge in [-0.05, 0) is 105 Å². The summed E-state index contributed by atoms with van der Waals surface area (Å²) in [5.74, 6) is 2.25. The van der Waals surface area contributed by atoms with Crippen molar-refractivity contribution in [2.45, 2.75) is 95.9 Å². The average Bonchev–Trinajstić information content (AvgIpc) is 3.03. The van der Waals surface area contributed by atoms with Gasteiger partial charge in [0.05, 0.1) is 12.2 Å². The van der Waals surface area contributed by atoms with E-state index in [-0.39, 0.29) is 5.41 Å². The molecule has 0 bridgehead atoms. The first kappa shape index (κ1) is 22.8. The lowest BCUT2D eigenvalue weighted by molar-refractivity contribution is -0.175. The monoisotopic (exact) mass is 431 g/mol. The molecule has 174 valence electrons. The molecule has 6 heteroatoms. The Balaban J connectivity index is 1.44. The molecule has 0 aliphatic heterocycles. The van der Waals surface area contributed by atoms with E-state index in [1.165, 1.54) is 0 Å². The number of hydrogen-bond donors (Lipinski definition) is 2. The predicted molar refractivity (Wildman–Crippen MR) is 111 cm³/mol. The predicted octanol–water partition coefficient (Wildman–Crippen LogP) is 5.30. The van der Waals surface area contributed by atoms with Gasteiger partial charge >= 0.3 is 6.18 Å². The maximum Gasteiger partial charge on any atom is 0.403 e. The SMILES string of the molecule is CCCOC[C@@]1(O)CC[C@H]2[C@H](CC[C@@H]3[C@@H]2CC[C@]2(C)[C@@H](C(N)C(F)(F)F)CC[C@@H]32)C1. The van der Waals surface area contributed by atoms with Crippen molar-refractivity contribution < 1.29 is 23.0 Å². The number of hydrogen-bond acceptors (Lipinski definition) is 3. The molecule has 30 heavy (non-hydrogen) atoms. The molecule has 9 atom stereocenters. The van der Waals surface area contributed by atoms with E-state index in [1.54, 1.807) is 0 Å². The van der Waals surface area contributed by atoms with Gasteiger partial charge in [0.15, 0.2) is 0 Å². The zero-order chi connectivity index (χ0) is 21.7. The van der Waals surface area contributed by atoms with E-state index in [0.717, 1.165) is 57.8 Å². The lowest BCUT2D eigenvalue weighted by Gasteiger charge is -2.57. The lowest BCUT2D eigenvalue weighted by atomic mass is 9.48. The molecule has 0 amide bonds. The minimum absolute atomic E-state index is 0.271. The Morgan fingerprint density at radius 3 is 2.47 bits per heavy atom. The molecule has 4 aliphatic rings. The molecular weight excluding hydrogens is 391 g/mol. The molecule has 0 spiro atoms. The fourth-order valence-corrected chi connectivity index (χ4v) is 8.36. The molecule has 0 heterocycles. The minimum atomic E-state index is -4.30. The first-order chi connectivity index (χ1) is 14.1. The summed E-state index contributed by atoms with van der Waals surface area (Å²) in [4.78, 5) is 0. The van der Waals surface area contributed by atoms with E-state index in [0.29, 0.717) is 49.2 Å². The van der Waals surface area contributed by atoms with E-state index in [2.05, 4.69) is 13.8 Å². The van der Waals surface area contributed by atoms with Crippen molar-refractivity contribution in [3.05, 3.63) is 0 Å². The molecule has 3 nitrogen and oxygen atoms in total. The summed E-state index contributed by atoms with van der Waals surface area (Å²) in [6, 6.07) is -1.69. The van der Waals surface area contributed by atoms with E-state index in [1.807, 2.05) is 0 Å². The van der Waals surface area contributed by atoms with Gasteiger partial charge in [0.2, 0.25) is 0 Å². The van der Waals surface area contributed by atoms with Gasteiger partial charge in [0.1, 0.15) is 6.04 Å². The van der Waals surface area contributed by atoms with Gasteiger partial charge in [-0.15, -0.1) is 0 Å². The number of ether oxygens (including phenoxy) is 1. The van der Waals surface area contributed by atoms with Crippen molar-refractivity contribution in [1.29, 1.82) is 0 Å². The molecule has 4 rings (SSSR count). The fraction of sp³-hybridized carbons (Fsp3) is 1.00. The van der Waals surface area contributed by atoms with Crippen LogP contribution >= 0.6 is 0 Å². The highest BCUT2D eigenvalue weighted by molar-refractivity contribution is 5.09. The van der Waals surface area contributed by atoms with Crippen molar-refractivity contribution in [2.24, 2.45) is 46.7 Å². The highest BCUT2D eigenvalue weighted by atomic mass is 19.4. The summed E-state index contributed by atoms with van der Waals surface area (Å²) in [7, 11) is 0. The number of aliphatic hydroxyl groups is 1. The Hall–Kier alpha value is -0.330. The highest BCUT2D eigenvalue weighted by Gasteiger charge is 2.61. The van der Waals surface area contributed by atoms with Crippen LogP contribution in [0, 0.1) is 40.9 Å². The molecule has 3 N–H and O–H groups in total. The summed E-state index contributed by atoms with van der Waals surface area (Å²) in [6.07, 6.45) is 4.95. The zero-order valence-electron chi connectivity index (χ0n) is 18.6. The molecule has 4 saturated carbocycles. The first-order valence-corrected chi connectivity index (χ1v) is 12.2. The standard InChI is InChI=1S/C24H40F3NO2/c1-3-12-30-14-23(29)11-9-16-15(13-23)4-5-18-17(16)8-10-22(2)19(18)6-7-20(22)21(28)24(25,26)27/h15-21,29H,3-14,28H2,1-2H3/t15-,16+,17-,18-,19+,20-,21?,22+,23-/m1/s1. The van der Waals surface area contributed by atoms with E-state index in [4.69, 9.17) is 10.5 Å². The molecule has 0 saturated heterocycles. The molecule has 1 unspecified atom stereocenters. The third kappa shape index (κ3) is 3.94. The topological polar surface area (TPSA) is 55.5 Å². The minimum Gasteiger partial charge on any atom is -0.387 e. The second kappa shape index (κ2) is 8.22. The Kier molecular flexibility index (Phi) is 6.26. The van der Waals surface area contributed by atoms with E-state index in [9.17, 15) is 18.3 Å². The summed E-state index contributed by atoms with van der Waals surface area (Å²) >= 11 is 0. The van der Waals surface area contributed by atoms with Crippen molar-refractivity contribution in [1.82, 2.24) is 0 Å². The Morgan fingerprint density at radius 2 is 1.77 bits per heavy atom. The second-order valence-corrected chi connectivity index (χ2v) is 11.3. The summed E-state index contributed by atoms with van der Waals surface area (Å²) < 4.78 is 45.9. The Morgan fingerprint density at radius 1 is 1.03 bits per heavy atom. The Bertz CT molecular complexity index is 614. The largest absolute Gasteiger partial charge is 0.403 e. The van der Waals surface area contributed by atoms with Crippen molar-refractivity contribution in [3.63, 3.8) is 0 Å². The van der Waals surface area contributed by atoms with Gasteiger partial charge < -0.3 is 15.6 Å². The molecule has 0 aromatic carbocycles. The van der Waals surface area contributed by atoms with Gasteiger partial charge in [-0.25, -0.2) is 0 Å². The van der Waals surface area contributed by atoms with Crippen molar-refractivity contribution in [3.8, 4) is 0 Å². The van der Waals surface area contributed by atoms with E-state index < -0.39 is 23.7 Å². The quantitative estimate of drug-likeness (QED) is 0.581. The molecule has 0 radical (unpaired) electrons. The van der Waals surface area contributed by atoms with Crippen LogP contribution in [0.2, 0.25) is 0 Å². The number of fused-ring (bicyclic) bond motifs is 5. The molecular formula is C24H40F3NO2. The smallest absolute Gasteiger partial charge is 0.387 e. The Labute approximate surface area is 179 Å². The van der Waals surface area contributed by atoms with Crippen LogP contribution in [-0.2, 0) is 4.74 Å². The van der Waals surface area contributed by atoms with Crippen LogP contribution in [0.4, 0.5) is 13.2 Å². The van der Waals surface area contributed by atoms with Gasteiger partial charge in [-0.2, -0.15) is 13.2 Å². The maximum absolute atomic E-state index is 13.4. The van der Waals surface area contributed by atoms with Crippen LogP contribution in [0.3, 0.4) is 0 Å². The van der Waals surface area contributed by atoms with Gasteiger partial charge in [-0.1, -0.05) is 13.8 Å². The van der Waals surface area contributed by atoms with Gasteiger partial charge in [-0.3, -0.25) is 0 Å². The summed E-state index contributed by atoms with van der Waals surface area (Å²) in [5.41, 5.74) is 4.78. The number of alkyl halides is 3. The number of halogens is 3. The third-order valence-electron chi connectivity index (χ3n) is 9.71. The number of rotatable bonds is 5. The third-order valence-corrected chi connectivity index (χ3v) is 9.71. The fourth-order valence-electron chi connectivity index (χ4n) is 8.36. The normalized spacial score (nSPS) is 47.3. The zero-order valence-corrected chi connectivity index (χ0v) is 18.6. The molecule has 0 aromatic rings. The van der Waals surface area contributed by atoms with Gasteiger partial charge in [0, 0.05) is 6.61 Å². The van der Waals surface area contributed by atoms with Crippen LogP contribution in [0.5, 0.6) is 0 Å². The van der Waals surface area contributed by atoms with Crippen LogP contribution < -0.4 is 5.73 Å².